The van der Waals surface area contributed by atoms with Gasteiger partial charge in [-0.05, 0) is 34.6 Å². The lowest BCUT2D eigenvalue weighted by atomic mass is 9.67. The summed E-state index contributed by atoms with van der Waals surface area (Å²) in [6, 6.07) is 26.6. The molecule has 3 aromatic rings. The summed E-state index contributed by atoms with van der Waals surface area (Å²) < 4.78 is 0. The van der Waals surface area contributed by atoms with Crippen LogP contribution in [-0.4, -0.2) is 33.4 Å². The van der Waals surface area contributed by atoms with Gasteiger partial charge in [-0.3, -0.25) is 29.0 Å². The zero-order chi connectivity index (χ0) is 24.8. The second-order valence-corrected chi connectivity index (χ2v) is 9.92. The maximum absolute atomic E-state index is 13.5. The van der Waals surface area contributed by atoms with E-state index >= 15 is 0 Å². The largest absolute Gasteiger partial charge is 0.278 e. The Labute approximate surface area is 209 Å². The van der Waals surface area contributed by atoms with E-state index in [2.05, 4.69) is 0 Å². The summed E-state index contributed by atoms with van der Waals surface area (Å²) in [4.78, 5) is 56.2. The van der Waals surface area contributed by atoms with E-state index in [1.54, 1.807) is 0 Å². The lowest BCUT2D eigenvalue weighted by molar-refractivity contribution is -0.142. The predicted molar refractivity (Wildman–Crippen MR) is 132 cm³/mol. The second-order valence-electron chi connectivity index (χ2n) is 9.92. The molecular formula is C30H26N2O4. The summed E-state index contributed by atoms with van der Waals surface area (Å²) in [5, 5.41) is 0. The molecule has 36 heavy (non-hydrogen) atoms. The summed E-state index contributed by atoms with van der Waals surface area (Å²) in [5.74, 6) is -2.63. The van der Waals surface area contributed by atoms with E-state index in [1.165, 1.54) is 9.80 Å². The van der Waals surface area contributed by atoms with Gasteiger partial charge >= 0.3 is 0 Å². The van der Waals surface area contributed by atoms with Crippen molar-refractivity contribution in [2.45, 2.75) is 37.8 Å². The lowest BCUT2D eigenvalue weighted by Gasteiger charge is -2.34. The smallest absolute Gasteiger partial charge is 0.237 e. The van der Waals surface area contributed by atoms with Crippen molar-refractivity contribution in [1.82, 2.24) is 9.80 Å². The summed E-state index contributed by atoms with van der Waals surface area (Å²) >= 11 is 0. The highest BCUT2D eigenvalue weighted by Crippen LogP contribution is 2.52. The third-order valence-corrected chi connectivity index (χ3v) is 7.89. The molecule has 3 aliphatic rings. The molecule has 2 saturated heterocycles. The number of rotatable bonds is 5. The molecule has 2 heterocycles. The Morgan fingerprint density at radius 3 is 1.72 bits per heavy atom. The van der Waals surface area contributed by atoms with Gasteiger partial charge in [0, 0.05) is 6.42 Å². The zero-order valence-electron chi connectivity index (χ0n) is 19.7. The van der Waals surface area contributed by atoms with E-state index in [-0.39, 0.29) is 49.1 Å². The van der Waals surface area contributed by atoms with Crippen LogP contribution in [0.4, 0.5) is 0 Å². The molecule has 0 aromatic heterocycles. The molecule has 0 unspecified atom stereocenters. The van der Waals surface area contributed by atoms with Gasteiger partial charge in [0.25, 0.3) is 0 Å². The van der Waals surface area contributed by atoms with Crippen molar-refractivity contribution in [1.29, 1.82) is 0 Å². The van der Waals surface area contributed by atoms with Crippen molar-refractivity contribution < 1.29 is 19.2 Å². The van der Waals surface area contributed by atoms with E-state index in [4.69, 9.17) is 0 Å². The minimum absolute atomic E-state index is 0.123. The molecule has 4 amide bonds. The molecule has 0 bridgehead atoms. The Bertz CT molecular complexity index is 1350. The highest BCUT2D eigenvalue weighted by atomic mass is 16.2. The van der Waals surface area contributed by atoms with Crippen LogP contribution in [0.2, 0.25) is 0 Å². The van der Waals surface area contributed by atoms with Crippen molar-refractivity contribution in [2.24, 2.45) is 11.8 Å². The molecule has 2 fully saturated rings. The number of fused-ring (bicyclic) bond motifs is 3. The molecule has 0 N–H and O–H groups in total. The highest BCUT2D eigenvalue weighted by Gasteiger charge is 2.55. The van der Waals surface area contributed by atoms with Gasteiger partial charge in [0.05, 0.1) is 30.8 Å². The fourth-order valence-corrected chi connectivity index (χ4v) is 6.17. The fraction of sp³-hybridized carbons (Fsp3) is 0.267. The molecule has 6 rings (SSSR count). The zero-order valence-corrected chi connectivity index (χ0v) is 19.7. The van der Waals surface area contributed by atoms with Gasteiger partial charge < -0.3 is 0 Å². The third-order valence-electron chi connectivity index (χ3n) is 7.89. The normalized spacial score (nSPS) is 25.3. The van der Waals surface area contributed by atoms with Crippen LogP contribution in [0.25, 0.3) is 0 Å². The average molecular weight is 479 g/mol. The number of benzene rings is 3. The lowest BCUT2D eigenvalue weighted by Crippen LogP contribution is -2.34. The SMILES string of the molecule is O=C1C[C@H]([C@H]2C[C@@H]3C(=O)N(Cc4ccccc4)C(=O)[C@@H]3c3ccccc32)C(=O)N1Cc1ccccc1. The van der Waals surface area contributed by atoms with Crippen LogP contribution in [-0.2, 0) is 32.3 Å². The number of likely N-dealkylation sites (tertiary alicyclic amines) is 2. The Balaban J connectivity index is 1.30. The number of amides is 4. The fourth-order valence-electron chi connectivity index (χ4n) is 6.17. The molecule has 180 valence electrons. The van der Waals surface area contributed by atoms with E-state index in [1.807, 2.05) is 84.9 Å². The molecule has 2 aliphatic heterocycles. The Kier molecular flexibility index (Phi) is 5.52. The van der Waals surface area contributed by atoms with Crippen molar-refractivity contribution in [3.63, 3.8) is 0 Å². The van der Waals surface area contributed by atoms with Crippen molar-refractivity contribution >= 4 is 23.6 Å². The van der Waals surface area contributed by atoms with Gasteiger partial charge in [-0.15, -0.1) is 0 Å². The number of nitrogens with zero attached hydrogens (tertiary/aromatic N) is 2. The van der Waals surface area contributed by atoms with Gasteiger partial charge in [-0.1, -0.05) is 84.9 Å². The number of imide groups is 2. The minimum atomic E-state index is -0.540. The number of carbonyl (C=O) groups excluding carboxylic acids is 4. The maximum atomic E-state index is 13.5. The van der Waals surface area contributed by atoms with Crippen LogP contribution in [0.15, 0.2) is 84.9 Å². The molecule has 4 atom stereocenters. The van der Waals surface area contributed by atoms with Crippen LogP contribution in [0, 0.1) is 11.8 Å². The molecule has 6 nitrogen and oxygen atoms in total. The van der Waals surface area contributed by atoms with Crippen molar-refractivity contribution in [3.05, 3.63) is 107 Å². The van der Waals surface area contributed by atoms with Crippen LogP contribution in [0.5, 0.6) is 0 Å². The quantitative estimate of drug-likeness (QED) is 0.519. The Morgan fingerprint density at radius 1 is 0.556 bits per heavy atom. The van der Waals surface area contributed by atoms with Gasteiger partial charge in [-0.2, -0.15) is 0 Å². The summed E-state index contributed by atoms with van der Waals surface area (Å²) in [6.07, 6.45) is 0.512. The molecule has 6 heteroatoms. The van der Waals surface area contributed by atoms with Crippen molar-refractivity contribution in [2.75, 3.05) is 0 Å². The van der Waals surface area contributed by atoms with Crippen LogP contribution in [0.3, 0.4) is 0 Å². The van der Waals surface area contributed by atoms with Gasteiger partial charge in [0.2, 0.25) is 23.6 Å². The van der Waals surface area contributed by atoms with Crippen molar-refractivity contribution in [3.8, 4) is 0 Å². The minimum Gasteiger partial charge on any atom is -0.278 e. The van der Waals surface area contributed by atoms with Crippen LogP contribution < -0.4 is 0 Å². The predicted octanol–water partition coefficient (Wildman–Crippen LogP) is 4.02. The second kappa shape index (κ2) is 8.86. The van der Waals surface area contributed by atoms with Gasteiger partial charge in [-0.25, -0.2) is 0 Å². The number of hydrogen-bond acceptors (Lipinski definition) is 4. The Hall–Kier alpha value is -4.06. The Morgan fingerprint density at radius 2 is 1.08 bits per heavy atom. The summed E-state index contributed by atoms with van der Waals surface area (Å²) in [6.45, 7) is 0.488. The molecule has 0 spiro atoms. The summed E-state index contributed by atoms with van der Waals surface area (Å²) in [5.41, 5.74) is 3.52. The average Bonchev–Trinajstić information content (AvgIpc) is 3.32. The van der Waals surface area contributed by atoms with Gasteiger partial charge in [0.1, 0.15) is 0 Å². The van der Waals surface area contributed by atoms with Crippen LogP contribution >= 0.6 is 0 Å². The summed E-state index contributed by atoms with van der Waals surface area (Å²) in [7, 11) is 0. The molecule has 0 radical (unpaired) electrons. The first-order valence-corrected chi connectivity index (χ1v) is 12.4. The van der Waals surface area contributed by atoms with E-state index < -0.39 is 17.8 Å². The monoisotopic (exact) mass is 478 g/mol. The topological polar surface area (TPSA) is 74.8 Å². The standard InChI is InChI=1S/C30H26N2O4/c33-26-16-24(28(34)31(26)17-19-9-3-1-4-10-19)23-15-25-27(22-14-8-7-13-21(22)23)30(36)32(29(25)35)18-20-11-5-2-6-12-20/h1-14,23-25,27H,15-18H2/t23-,24+,25-,27+/m0/s1. The first kappa shape index (κ1) is 22.4. The van der Waals surface area contributed by atoms with E-state index in [0.717, 1.165) is 22.3 Å². The maximum Gasteiger partial charge on any atom is 0.237 e. The highest BCUT2D eigenvalue weighted by molar-refractivity contribution is 6.09. The molecule has 1 aliphatic carbocycles. The molecule has 0 saturated carbocycles. The van der Waals surface area contributed by atoms with E-state index in [0.29, 0.717) is 6.42 Å². The van der Waals surface area contributed by atoms with E-state index in [9.17, 15) is 19.2 Å². The number of carbonyl (C=O) groups is 4. The van der Waals surface area contributed by atoms with Crippen LogP contribution in [0.1, 0.15) is 46.9 Å². The first-order valence-electron chi connectivity index (χ1n) is 12.4. The molecule has 3 aromatic carbocycles. The molecular weight excluding hydrogens is 452 g/mol. The first-order chi connectivity index (χ1) is 17.5. The third kappa shape index (κ3) is 3.65. The van der Waals surface area contributed by atoms with Gasteiger partial charge in [0.15, 0.2) is 0 Å². The number of hydrogen-bond donors (Lipinski definition) is 0.